The SMILES string of the molecule is CC1CCC(C2CCC(C3CC4CCC(O)CC4C4OC34)CC2)CC1. The molecule has 5 rings (SSSR count). The second-order valence-electron chi connectivity index (χ2n) is 10.6. The first-order chi connectivity index (χ1) is 12.2. The molecule has 142 valence electrons. The van der Waals surface area contributed by atoms with Crippen molar-refractivity contribution in [3.05, 3.63) is 0 Å². The molecule has 0 amide bonds. The lowest BCUT2D eigenvalue weighted by atomic mass is 9.61. The first-order valence-electron chi connectivity index (χ1n) is 11.5. The summed E-state index contributed by atoms with van der Waals surface area (Å²) in [7, 11) is 0. The van der Waals surface area contributed by atoms with Crippen molar-refractivity contribution in [2.45, 2.75) is 102 Å². The van der Waals surface area contributed by atoms with Crippen molar-refractivity contribution in [1.82, 2.24) is 0 Å². The van der Waals surface area contributed by atoms with Crippen LogP contribution >= 0.6 is 0 Å². The maximum absolute atomic E-state index is 10.0. The molecule has 4 saturated carbocycles. The highest BCUT2D eigenvalue weighted by Gasteiger charge is 2.58. The number of aliphatic hydroxyl groups is 1. The Labute approximate surface area is 154 Å². The summed E-state index contributed by atoms with van der Waals surface area (Å²) in [6, 6.07) is 0. The van der Waals surface area contributed by atoms with E-state index in [-0.39, 0.29) is 6.10 Å². The average Bonchev–Trinajstić information content (AvgIpc) is 3.43. The van der Waals surface area contributed by atoms with Crippen LogP contribution < -0.4 is 0 Å². The fraction of sp³-hybridized carbons (Fsp3) is 1.00. The zero-order valence-corrected chi connectivity index (χ0v) is 16.1. The van der Waals surface area contributed by atoms with Crippen molar-refractivity contribution in [1.29, 1.82) is 0 Å². The lowest BCUT2D eigenvalue weighted by Gasteiger charge is -2.43. The van der Waals surface area contributed by atoms with Crippen LogP contribution in [0.25, 0.3) is 0 Å². The van der Waals surface area contributed by atoms with Crippen LogP contribution in [0.3, 0.4) is 0 Å². The van der Waals surface area contributed by atoms with Gasteiger partial charge in [-0.15, -0.1) is 0 Å². The lowest BCUT2D eigenvalue weighted by Crippen LogP contribution is -2.41. The van der Waals surface area contributed by atoms with E-state index < -0.39 is 0 Å². The van der Waals surface area contributed by atoms with Crippen molar-refractivity contribution in [3.63, 3.8) is 0 Å². The number of hydrogen-bond donors (Lipinski definition) is 1. The number of aliphatic hydroxyl groups excluding tert-OH is 1. The molecule has 5 aliphatic rings. The maximum atomic E-state index is 10.0. The minimum Gasteiger partial charge on any atom is -0.393 e. The summed E-state index contributed by atoms with van der Waals surface area (Å²) in [6.07, 6.45) is 17.7. The first kappa shape index (κ1) is 17.0. The molecule has 2 heteroatoms. The summed E-state index contributed by atoms with van der Waals surface area (Å²) in [4.78, 5) is 0. The van der Waals surface area contributed by atoms with Crippen LogP contribution in [0, 0.1) is 41.4 Å². The van der Waals surface area contributed by atoms with Crippen molar-refractivity contribution >= 4 is 0 Å². The Hall–Kier alpha value is -0.0800. The van der Waals surface area contributed by atoms with Crippen molar-refractivity contribution < 1.29 is 9.84 Å². The van der Waals surface area contributed by atoms with Crippen LogP contribution in [0.1, 0.15) is 84.0 Å². The Balaban J connectivity index is 1.15. The Bertz CT molecular complexity index is 461. The molecular formula is C23H38O2. The van der Waals surface area contributed by atoms with Crippen LogP contribution in [0.5, 0.6) is 0 Å². The third kappa shape index (κ3) is 3.31. The van der Waals surface area contributed by atoms with Gasteiger partial charge < -0.3 is 9.84 Å². The predicted molar refractivity (Wildman–Crippen MR) is 100 cm³/mol. The number of epoxide rings is 1. The zero-order valence-electron chi connectivity index (χ0n) is 16.1. The minimum atomic E-state index is -0.0451. The summed E-state index contributed by atoms with van der Waals surface area (Å²) in [5, 5.41) is 10.0. The Kier molecular flexibility index (Phi) is 4.65. The third-order valence-electron chi connectivity index (χ3n) is 9.15. The van der Waals surface area contributed by atoms with E-state index in [1.807, 2.05) is 0 Å². The highest BCUT2D eigenvalue weighted by atomic mass is 16.6. The molecular weight excluding hydrogens is 308 g/mol. The van der Waals surface area contributed by atoms with Gasteiger partial charge in [-0.3, -0.25) is 0 Å². The summed E-state index contributed by atoms with van der Waals surface area (Å²) >= 11 is 0. The fourth-order valence-corrected chi connectivity index (χ4v) is 7.51. The molecule has 0 aromatic heterocycles. The number of rotatable bonds is 2. The van der Waals surface area contributed by atoms with Gasteiger partial charge in [0.15, 0.2) is 0 Å². The van der Waals surface area contributed by atoms with E-state index in [0.29, 0.717) is 18.1 Å². The smallest absolute Gasteiger partial charge is 0.0876 e. The Morgan fingerprint density at radius 3 is 1.80 bits per heavy atom. The summed E-state index contributed by atoms with van der Waals surface area (Å²) < 4.78 is 6.21. The molecule has 25 heavy (non-hydrogen) atoms. The molecule has 0 radical (unpaired) electrons. The minimum absolute atomic E-state index is 0.0451. The molecule has 0 spiro atoms. The highest BCUT2D eigenvalue weighted by molar-refractivity contribution is 5.06. The van der Waals surface area contributed by atoms with Crippen LogP contribution in [-0.2, 0) is 4.74 Å². The molecule has 0 aromatic rings. The van der Waals surface area contributed by atoms with Crippen LogP contribution in [0.15, 0.2) is 0 Å². The maximum Gasteiger partial charge on any atom is 0.0876 e. The summed E-state index contributed by atoms with van der Waals surface area (Å²) in [5.41, 5.74) is 0. The van der Waals surface area contributed by atoms with E-state index >= 15 is 0 Å². The van der Waals surface area contributed by atoms with Gasteiger partial charge in [-0.2, -0.15) is 0 Å². The van der Waals surface area contributed by atoms with Gasteiger partial charge in [-0.1, -0.05) is 19.8 Å². The largest absolute Gasteiger partial charge is 0.393 e. The molecule has 2 nitrogen and oxygen atoms in total. The van der Waals surface area contributed by atoms with Crippen LogP contribution in [0.4, 0.5) is 0 Å². The van der Waals surface area contributed by atoms with Crippen molar-refractivity contribution in [3.8, 4) is 0 Å². The molecule has 0 aromatic carbocycles. The molecule has 1 aliphatic heterocycles. The number of hydrogen-bond acceptors (Lipinski definition) is 2. The van der Waals surface area contributed by atoms with E-state index in [4.69, 9.17) is 4.74 Å². The Morgan fingerprint density at radius 2 is 1.12 bits per heavy atom. The standard InChI is InChI=1S/C23H38O2/c1-14-2-4-15(5-3-14)16-6-8-17(9-7-16)20-12-18-10-11-19(24)13-21(18)23-22(20)25-23/h14-24H,2-13H2,1H3. The van der Waals surface area contributed by atoms with E-state index in [1.54, 1.807) is 0 Å². The van der Waals surface area contributed by atoms with Gasteiger partial charge in [0, 0.05) is 0 Å². The van der Waals surface area contributed by atoms with Gasteiger partial charge in [-0.25, -0.2) is 0 Å². The van der Waals surface area contributed by atoms with Gasteiger partial charge in [0.25, 0.3) is 0 Å². The number of ether oxygens (including phenoxy) is 1. The van der Waals surface area contributed by atoms with E-state index in [0.717, 1.165) is 48.3 Å². The normalized spacial score (nSPS) is 55.9. The molecule has 4 aliphatic carbocycles. The summed E-state index contributed by atoms with van der Waals surface area (Å²) in [5.74, 6) is 6.43. The average molecular weight is 347 g/mol. The quantitative estimate of drug-likeness (QED) is 0.699. The lowest BCUT2D eigenvalue weighted by molar-refractivity contribution is 0.0307. The molecule has 1 N–H and O–H groups in total. The molecule has 1 saturated heterocycles. The fourth-order valence-electron chi connectivity index (χ4n) is 7.51. The molecule has 1 heterocycles. The van der Waals surface area contributed by atoms with E-state index in [1.165, 1.54) is 64.2 Å². The highest BCUT2D eigenvalue weighted by Crippen LogP contribution is 2.56. The molecule has 6 unspecified atom stereocenters. The van der Waals surface area contributed by atoms with Gasteiger partial charge in [0.05, 0.1) is 18.3 Å². The van der Waals surface area contributed by atoms with Crippen molar-refractivity contribution in [2.24, 2.45) is 41.4 Å². The van der Waals surface area contributed by atoms with Crippen LogP contribution in [-0.4, -0.2) is 23.4 Å². The Morgan fingerprint density at radius 1 is 0.600 bits per heavy atom. The topological polar surface area (TPSA) is 32.8 Å². The molecule has 6 atom stereocenters. The van der Waals surface area contributed by atoms with Gasteiger partial charge in [0.1, 0.15) is 0 Å². The second kappa shape index (κ2) is 6.82. The first-order valence-corrected chi connectivity index (χ1v) is 11.5. The zero-order chi connectivity index (χ0) is 17.0. The van der Waals surface area contributed by atoms with Crippen molar-refractivity contribution in [2.75, 3.05) is 0 Å². The van der Waals surface area contributed by atoms with Gasteiger partial charge in [0.2, 0.25) is 0 Å². The third-order valence-corrected chi connectivity index (χ3v) is 9.15. The van der Waals surface area contributed by atoms with E-state index in [2.05, 4.69) is 6.92 Å². The monoisotopic (exact) mass is 346 g/mol. The van der Waals surface area contributed by atoms with E-state index in [9.17, 15) is 5.11 Å². The predicted octanol–water partition coefficient (Wildman–Crippen LogP) is 5.18. The molecule has 5 fully saturated rings. The molecule has 0 bridgehead atoms. The van der Waals surface area contributed by atoms with Gasteiger partial charge >= 0.3 is 0 Å². The number of fused-ring (bicyclic) bond motifs is 3. The second-order valence-corrected chi connectivity index (χ2v) is 10.6. The van der Waals surface area contributed by atoms with Crippen LogP contribution in [0.2, 0.25) is 0 Å². The van der Waals surface area contributed by atoms with Gasteiger partial charge in [-0.05, 0) is 106 Å². The summed E-state index contributed by atoms with van der Waals surface area (Å²) in [6.45, 7) is 2.44.